The van der Waals surface area contributed by atoms with Gasteiger partial charge in [0.2, 0.25) is 0 Å². The van der Waals surface area contributed by atoms with Crippen LogP contribution in [0.15, 0.2) is 24.3 Å². The number of nitrogens with zero attached hydrogens (tertiary/aromatic N) is 2. The first-order chi connectivity index (χ1) is 11.1. The van der Waals surface area contributed by atoms with Gasteiger partial charge in [-0.1, -0.05) is 0 Å². The number of rotatable bonds is 3. The minimum absolute atomic E-state index is 0.0195. The van der Waals surface area contributed by atoms with Gasteiger partial charge in [0.25, 0.3) is 0 Å². The molecule has 1 heterocycles. The quantitative estimate of drug-likeness (QED) is 0.603. The van der Waals surface area contributed by atoms with Crippen molar-refractivity contribution in [2.24, 2.45) is 0 Å². The van der Waals surface area contributed by atoms with Crippen LogP contribution in [0.4, 0.5) is 0 Å². The molecule has 1 atom stereocenters. The number of fused-ring (bicyclic) bond motifs is 1. The molecular formula is C18H20N2O2Se. The van der Waals surface area contributed by atoms with Crippen LogP contribution in [0.25, 0.3) is 0 Å². The summed E-state index contributed by atoms with van der Waals surface area (Å²) >= 11 is -0.268. The molecule has 0 saturated heterocycles. The van der Waals surface area contributed by atoms with E-state index in [1.807, 2.05) is 31.2 Å². The van der Waals surface area contributed by atoms with Crippen LogP contribution in [0.2, 0.25) is 5.32 Å². The van der Waals surface area contributed by atoms with Crippen LogP contribution >= 0.6 is 0 Å². The van der Waals surface area contributed by atoms with Gasteiger partial charge in [0, 0.05) is 0 Å². The zero-order chi connectivity index (χ0) is 16.4. The second kappa shape index (κ2) is 6.47. The van der Waals surface area contributed by atoms with E-state index in [0.717, 1.165) is 31.2 Å². The Morgan fingerprint density at radius 3 is 2.65 bits per heavy atom. The van der Waals surface area contributed by atoms with E-state index in [4.69, 9.17) is 5.26 Å². The number of hydrogen-bond acceptors (Lipinski definition) is 3. The number of hydrogen-bond donors (Lipinski definition) is 0. The Kier molecular flexibility index (Phi) is 4.57. The van der Waals surface area contributed by atoms with Crippen molar-refractivity contribution >= 4 is 26.8 Å². The summed E-state index contributed by atoms with van der Waals surface area (Å²) in [6.45, 7) is 1.90. The van der Waals surface area contributed by atoms with E-state index >= 15 is 0 Å². The van der Waals surface area contributed by atoms with Crippen molar-refractivity contribution in [2.75, 3.05) is 0 Å². The summed E-state index contributed by atoms with van der Waals surface area (Å²) in [5, 5.41) is 9.51. The summed E-state index contributed by atoms with van der Waals surface area (Å²) in [5.41, 5.74) is 0.672. The van der Waals surface area contributed by atoms with Gasteiger partial charge >= 0.3 is 143 Å². The van der Waals surface area contributed by atoms with Crippen molar-refractivity contribution < 1.29 is 9.59 Å². The molecule has 1 aromatic rings. The van der Waals surface area contributed by atoms with Gasteiger partial charge in [0.05, 0.1) is 0 Å². The third-order valence-corrected chi connectivity index (χ3v) is 6.81. The van der Waals surface area contributed by atoms with Crippen LogP contribution in [0.1, 0.15) is 54.9 Å². The second-order valence-electron chi connectivity index (χ2n) is 6.53. The fraction of sp³-hybridized carbons (Fsp3) is 0.500. The SMILES string of the molecule is CC1(C[Se]C#N)C(=O)N(C2CCCCC2)C(=O)c2ccccc21. The van der Waals surface area contributed by atoms with E-state index in [1.165, 1.54) is 11.3 Å². The van der Waals surface area contributed by atoms with Gasteiger partial charge < -0.3 is 0 Å². The molecular weight excluding hydrogens is 355 g/mol. The standard InChI is InChI=1S/C18H20N2O2Se/c1-18(11-23-12-19)15-10-6-5-9-14(15)16(21)20(17(18)22)13-7-3-2-4-8-13/h5-6,9-10,13H,2-4,7-8,11H2,1H3. The van der Waals surface area contributed by atoms with Crippen molar-refractivity contribution in [3.8, 4) is 4.97 Å². The molecule has 4 nitrogen and oxygen atoms in total. The molecule has 0 bridgehead atoms. The van der Waals surface area contributed by atoms with E-state index in [1.54, 1.807) is 0 Å². The number of carbonyl (C=O) groups excluding carboxylic acids is 2. The molecule has 1 aromatic carbocycles. The summed E-state index contributed by atoms with van der Waals surface area (Å²) < 4.78 is 0. The van der Waals surface area contributed by atoms with E-state index in [9.17, 15) is 9.59 Å². The molecule has 2 aliphatic rings. The third kappa shape index (κ3) is 2.71. The Hall–Kier alpha value is -1.63. The zero-order valence-corrected chi connectivity index (χ0v) is 15.0. The predicted molar refractivity (Wildman–Crippen MR) is 88.0 cm³/mol. The molecule has 0 N–H and O–H groups in total. The predicted octanol–water partition coefficient (Wildman–Crippen LogP) is 2.86. The van der Waals surface area contributed by atoms with Crippen molar-refractivity contribution in [3.05, 3.63) is 35.4 Å². The van der Waals surface area contributed by atoms with Gasteiger partial charge in [0.1, 0.15) is 0 Å². The Labute approximate surface area is 143 Å². The molecule has 0 aromatic heterocycles. The number of imide groups is 1. The normalized spacial score (nSPS) is 25.1. The molecule has 1 unspecified atom stereocenters. The van der Waals surface area contributed by atoms with Gasteiger partial charge in [-0.3, -0.25) is 0 Å². The van der Waals surface area contributed by atoms with Gasteiger partial charge in [-0.2, -0.15) is 0 Å². The second-order valence-corrected chi connectivity index (χ2v) is 8.12. The summed E-state index contributed by atoms with van der Waals surface area (Å²) in [6.07, 6.45) is 5.13. The maximum atomic E-state index is 13.2. The van der Waals surface area contributed by atoms with Crippen LogP contribution in [0, 0.1) is 10.2 Å². The fourth-order valence-electron chi connectivity index (χ4n) is 3.74. The Bertz CT molecular complexity index is 676. The average Bonchev–Trinajstić information content (AvgIpc) is 2.59. The van der Waals surface area contributed by atoms with Crippen molar-refractivity contribution in [1.82, 2.24) is 4.90 Å². The molecule has 0 radical (unpaired) electrons. The summed E-state index contributed by atoms with van der Waals surface area (Å²) in [6, 6.07) is 7.43. The molecule has 1 saturated carbocycles. The van der Waals surface area contributed by atoms with E-state index in [2.05, 4.69) is 4.97 Å². The van der Waals surface area contributed by atoms with Crippen LogP contribution in [-0.2, 0) is 10.2 Å². The molecule has 2 amide bonds. The monoisotopic (exact) mass is 376 g/mol. The number of carbonyl (C=O) groups is 2. The average molecular weight is 375 g/mol. The topological polar surface area (TPSA) is 61.2 Å². The van der Waals surface area contributed by atoms with E-state index in [-0.39, 0.29) is 32.8 Å². The molecule has 23 heavy (non-hydrogen) atoms. The number of benzene rings is 1. The molecule has 5 heteroatoms. The molecule has 1 aliphatic carbocycles. The van der Waals surface area contributed by atoms with Crippen LogP contribution in [0.5, 0.6) is 0 Å². The summed E-state index contributed by atoms with van der Waals surface area (Å²) in [5.74, 6) is -0.260. The first-order valence-electron chi connectivity index (χ1n) is 8.08. The van der Waals surface area contributed by atoms with Crippen LogP contribution < -0.4 is 0 Å². The molecule has 120 valence electrons. The summed E-state index contributed by atoms with van der Waals surface area (Å²) in [7, 11) is 0. The number of nitriles is 1. The Morgan fingerprint density at radius 2 is 1.96 bits per heavy atom. The molecule has 3 rings (SSSR count). The van der Waals surface area contributed by atoms with Gasteiger partial charge in [-0.25, -0.2) is 0 Å². The number of amides is 2. The van der Waals surface area contributed by atoms with Gasteiger partial charge in [-0.05, 0) is 0 Å². The zero-order valence-electron chi connectivity index (χ0n) is 13.2. The maximum absolute atomic E-state index is 13.2. The van der Waals surface area contributed by atoms with Crippen molar-refractivity contribution in [3.63, 3.8) is 0 Å². The first kappa shape index (κ1) is 16.2. The first-order valence-corrected chi connectivity index (χ1v) is 10.1. The van der Waals surface area contributed by atoms with Crippen LogP contribution in [-0.4, -0.2) is 37.7 Å². The third-order valence-electron chi connectivity index (χ3n) is 5.03. The molecule has 0 spiro atoms. The fourth-order valence-corrected chi connectivity index (χ4v) is 5.07. The van der Waals surface area contributed by atoms with Crippen molar-refractivity contribution in [1.29, 1.82) is 5.26 Å². The Morgan fingerprint density at radius 1 is 1.26 bits per heavy atom. The summed E-state index contributed by atoms with van der Waals surface area (Å²) in [4.78, 5) is 29.9. The molecule has 1 aliphatic heterocycles. The minimum atomic E-state index is -0.752. The van der Waals surface area contributed by atoms with E-state index < -0.39 is 5.41 Å². The Balaban J connectivity index is 2.06. The van der Waals surface area contributed by atoms with Crippen LogP contribution in [0.3, 0.4) is 0 Å². The van der Waals surface area contributed by atoms with Crippen molar-refractivity contribution in [2.45, 2.75) is 55.8 Å². The van der Waals surface area contributed by atoms with Gasteiger partial charge in [0.15, 0.2) is 0 Å². The van der Waals surface area contributed by atoms with E-state index in [0.29, 0.717) is 10.9 Å². The van der Waals surface area contributed by atoms with Gasteiger partial charge in [-0.15, -0.1) is 0 Å². The molecule has 1 fully saturated rings.